The summed E-state index contributed by atoms with van der Waals surface area (Å²) < 4.78 is 9.88. The fourth-order valence-corrected chi connectivity index (χ4v) is 1.75. The summed E-state index contributed by atoms with van der Waals surface area (Å²) in [5.74, 6) is 0.629. The van der Waals surface area contributed by atoms with E-state index in [0.717, 1.165) is 12.8 Å². The zero-order valence-electron chi connectivity index (χ0n) is 9.28. The average Bonchev–Trinajstić information content (AvgIpc) is 2.80. The van der Waals surface area contributed by atoms with Gasteiger partial charge in [0.1, 0.15) is 5.76 Å². The lowest BCUT2D eigenvalue weighted by molar-refractivity contribution is -0.0538. The molecule has 1 atom stereocenters. The first-order valence-corrected chi connectivity index (χ1v) is 5.49. The van der Waals surface area contributed by atoms with Crippen molar-refractivity contribution in [3.8, 4) is 0 Å². The molecule has 17 heavy (non-hydrogen) atoms. The molecule has 1 aliphatic rings. The van der Waals surface area contributed by atoms with Gasteiger partial charge in [0.2, 0.25) is 0 Å². The molecule has 1 saturated heterocycles. The van der Waals surface area contributed by atoms with Gasteiger partial charge in [-0.3, -0.25) is 5.01 Å². The Bertz CT molecular complexity index is 388. The summed E-state index contributed by atoms with van der Waals surface area (Å²) in [6.07, 6.45) is 3.95. The molecule has 1 aromatic rings. The van der Waals surface area contributed by atoms with E-state index < -0.39 is 12.4 Å². The standard InChI is InChI=1S/C11H14N2O4/c14-11(15)17-10-5-1-2-6-13(10)12-8-9-4-3-7-16-9/h3-4,7-8,10H,1-2,5-6H2,(H,14,15)/b12-8+. The van der Waals surface area contributed by atoms with E-state index in [-0.39, 0.29) is 0 Å². The lowest BCUT2D eigenvalue weighted by Gasteiger charge is -2.31. The molecule has 2 heterocycles. The highest BCUT2D eigenvalue weighted by molar-refractivity contribution is 5.75. The highest BCUT2D eigenvalue weighted by Gasteiger charge is 2.24. The van der Waals surface area contributed by atoms with Crippen molar-refractivity contribution in [1.82, 2.24) is 5.01 Å². The molecule has 6 heteroatoms. The summed E-state index contributed by atoms with van der Waals surface area (Å²) in [5, 5.41) is 14.4. The van der Waals surface area contributed by atoms with Crippen molar-refractivity contribution in [3.05, 3.63) is 24.2 Å². The number of piperidine rings is 1. The quantitative estimate of drug-likeness (QED) is 0.644. The number of carboxylic acid groups (broad SMARTS) is 1. The minimum Gasteiger partial charge on any atom is -0.463 e. The van der Waals surface area contributed by atoms with Gasteiger partial charge in [0.15, 0.2) is 6.23 Å². The van der Waals surface area contributed by atoms with Crippen molar-refractivity contribution in [1.29, 1.82) is 0 Å². The van der Waals surface area contributed by atoms with Gasteiger partial charge in [-0.05, 0) is 25.0 Å². The van der Waals surface area contributed by atoms with Gasteiger partial charge in [-0.2, -0.15) is 5.10 Å². The van der Waals surface area contributed by atoms with E-state index >= 15 is 0 Å². The number of rotatable bonds is 3. The van der Waals surface area contributed by atoms with Crippen molar-refractivity contribution < 1.29 is 19.1 Å². The van der Waals surface area contributed by atoms with Crippen LogP contribution < -0.4 is 0 Å². The van der Waals surface area contributed by atoms with Crippen LogP contribution in [0.25, 0.3) is 0 Å². The topological polar surface area (TPSA) is 75.3 Å². The number of carbonyl (C=O) groups is 1. The summed E-state index contributed by atoms with van der Waals surface area (Å²) in [6, 6.07) is 3.54. The van der Waals surface area contributed by atoms with Crippen LogP contribution in [-0.4, -0.2) is 35.3 Å². The second kappa shape index (κ2) is 5.38. The monoisotopic (exact) mass is 238 g/mol. The van der Waals surface area contributed by atoms with Crippen molar-refractivity contribution in [2.75, 3.05) is 6.54 Å². The van der Waals surface area contributed by atoms with Gasteiger partial charge in [-0.1, -0.05) is 0 Å². The number of hydrogen-bond donors (Lipinski definition) is 1. The molecule has 0 aromatic carbocycles. The lowest BCUT2D eigenvalue weighted by atomic mass is 10.1. The first kappa shape index (κ1) is 11.5. The first-order valence-electron chi connectivity index (χ1n) is 5.49. The maximum absolute atomic E-state index is 10.5. The summed E-state index contributed by atoms with van der Waals surface area (Å²) in [7, 11) is 0. The second-order valence-electron chi connectivity index (χ2n) is 3.76. The number of ether oxygens (including phenoxy) is 1. The highest BCUT2D eigenvalue weighted by Crippen LogP contribution is 2.18. The van der Waals surface area contributed by atoms with Crippen LogP contribution in [0.5, 0.6) is 0 Å². The molecule has 0 bridgehead atoms. The van der Waals surface area contributed by atoms with E-state index in [9.17, 15) is 4.79 Å². The number of furan rings is 1. The summed E-state index contributed by atoms with van der Waals surface area (Å²) >= 11 is 0. The molecule has 1 aromatic heterocycles. The van der Waals surface area contributed by atoms with Gasteiger partial charge in [0.05, 0.1) is 12.5 Å². The molecule has 6 nitrogen and oxygen atoms in total. The van der Waals surface area contributed by atoms with Gasteiger partial charge < -0.3 is 14.3 Å². The number of nitrogens with zero attached hydrogens (tertiary/aromatic N) is 2. The molecule has 92 valence electrons. The molecule has 0 spiro atoms. The van der Waals surface area contributed by atoms with Crippen molar-refractivity contribution in [2.45, 2.75) is 25.5 Å². The number of hydrogen-bond acceptors (Lipinski definition) is 5. The Labute approximate surface area is 98.5 Å². The van der Waals surface area contributed by atoms with Crippen LogP contribution in [-0.2, 0) is 4.74 Å². The fourth-order valence-electron chi connectivity index (χ4n) is 1.75. The van der Waals surface area contributed by atoms with Crippen LogP contribution in [0.4, 0.5) is 4.79 Å². The van der Waals surface area contributed by atoms with Crippen LogP contribution in [0.15, 0.2) is 27.9 Å². The molecule has 1 aliphatic heterocycles. The second-order valence-corrected chi connectivity index (χ2v) is 3.76. The Morgan fingerprint density at radius 3 is 3.24 bits per heavy atom. The van der Waals surface area contributed by atoms with Crippen LogP contribution >= 0.6 is 0 Å². The van der Waals surface area contributed by atoms with Crippen LogP contribution in [0.2, 0.25) is 0 Å². The van der Waals surface area contributed by atoms with Gasteiger partial charge in [-0.25, -0.2) is 4.79 Å². The third-order valence-corrected chi connectivity index (χ3v) is 2.53. The number of hydrazone groups is 1. The Kier molecular flexibility index (Phi) is 3.64. The molecule has 1 N–H and O–H groups in total. The van der Waals surface area contributed by atoms with Gasteiger partial charge in [0.25, 0.3) is 0 Å². The maximum Gasteiger partial charge on any atom is 0.507 e. The first-order chi connectivity index (χ1) is 8.25. The van der Waals surface area contributed by atoms with E-state index in [0.29, 0.717) is 18.7 Å². The van der Waals surface area contributed by atoms with E-state index in [1.54, 1.807) is 29.6 Å². The van der Waals surface area contributed by atoms with Crippen LogP contribution in [0.1, 0.15) is 25.0 Å². The zero-order valence-corrected chi connectivity index (χ0v) is 9.28. The minimum absolute atomic E-state index is 0.493. The normalized spacial score (nSPS) is 20.7. The molecule has 0 amide bonds. The molecule has 2 rings (SSSR count). The Morgan fingerprint density at radius 2 is 2.53 bits per heavy atom. The summed E-state index contributed by atoms with van der Waals surface area (Å²) in [4.78, 5) is 10.5. The fraction of sp³-hybridized carbons (Fsp3) is 0.455. The Hall–Kier alpha value is -1.98. The van der Waals surface area contributed by atoms with Crippen molar-refractivity contribution >= 4 is 12.4 Å². The van der Waals surface area contributed by atoms with Gasteiger partial charge in [0, 0.05) is 13.0 Å². The van der Waals surface area contributed by atoms with Crippen LogP contribution in [0, 0.1) is 0 Å². The zero-order chi connectivity index (χ0) is 12.1. The molecule has 1 unspecified atom stereocenters. The smallest absolute Gasteiger partial charge is 0.463 e. The van der Waals surface area contributed by atoms with Crippen molar-refractivity contribution in [3.63, 3.8) is 0 Å². The largest absolute Gasteiger partial charge is 0.507 e. The third kappa shape index (κ3) is 3.24. The molecule has 0 aliphatic carbocycles. The third-order valence-electron chi connectivity index (χ3n) is 2.53. The predicted octanol–water partition coefficient (Wildman–Crippen LogP) is 2.12. The van der Waals surface area contributed by atoms with Gasteiger partial charge in [-0.15, -0.1) is 0 Å². The SMILES string of the molecule is O=C(O)OC1CCCCN1/N=C/c1ccco1. The van der Waals surface area contributed by atoms with E-state index in [1.165, 1.54) is 0 Å². The minimum atomic E-state index is -1.27. The van der Waals surface area contributed by atoms with E-state index in [1.807, 2.05) is 0 Å². The highest BCUT2D eigenvalue weighted by atomic mass is 16.7. The molecule has 0 radical (unpaired) electrons. The molecular weight excluding hydrogens is 224 g/mol. The Balaban J connectivity index is 1.98. The maximum atomic E-state index is 10.5. The predicted molar refractivity (Wildman–Crippen MR) is 59.8 cm³/mol. The Morgan fingerprint density at radius 1 is 1.65 bits per heavy atom. The lowest BCUT2D eigenvalue weighted by Crippen LogP contribution is -2.38. The van der Waals surface area contributed by atoms with E-state index in [2.05, 4.69) is 5.10 Å². The van der Waals surface area contributed by atoms with Crippen molar-refractivity contribution in [2.24, 2.45) is 5.10 Å². The van der Waals surface area contributed by atoms with E-state index in [4.69, 9.17) is 14.3 Å². The molecular formula is C11H14N2O4. The summed E-state index contributed by atoms with van der Waals surface area (Å²) in [6.45, 7) is 0.690. The molecule has 0 saturated carbocycles. The van der Waals surface area contributed by atoms with Gasteiger partial charge >= 0.3 is 6.16 Å². The molecule has 1 fully saturated rings. The summed E-state index contributed by atoms with van der Waals surface area (Å²) in [5.41, 5.74) is 0. The van der Waals surface area contributed by atoms with Crippen LogP contribution in [0.3, 0.4) is 0 Å². The average molecular weight is 238 g/mol.